The largest absolute Gasteiger partial charge is 0.383 e. The molecule has 0 aliphatic heterocycles. The molecule has 0 aromatic heterocycles. The molecule has 0 aromatic rings. The van der Waals surface area contributed by atoms with E-state index in [4.69, 9.17) is 11.5 Å². The third-order valence-corrected chi connectivity index (χ3v) is 1.26. The topological polar surface area (TPSA) is 64.4 Å². The summed E-state index contributed by atoms with van der Waals surface area (Å²) in [5, 5.41) is 0.0250. The molecule has 0 spiro atoms. The van der Waals surface area contributed by atoms with Gasteiger partial charge in [0.05, 0.1) is 0 Å². The van der Waals surface area contributed by atoms with E-state index < -0.39 is 0 Å². The molecule has 0 unspecified atom stereocenters. The number of nitrogens with two attached hydrogens (primary N) is 2. The van der Waals surface area contributed by atoms with Crippen molar-refractivity contribution < 1.29 is 0 Å². The molecule has 4 heteroatoms. The lowest BCUT2D eigenvalue weighted by Crippen LogP contribution is -2.18. The van der Waals surface area contributed by atoms with Crippen molar-refractivity contribution in [3.05, 3.63) is 36.5 Å². The number of hydrogen-bond acceptors (Lipinski definition) is 1. The summed E-state index contributed by atoms with van der Waals surface area (Å²) < 4.78 is 0. The van der Waals surface area contributed by atoms with E-state index >= 15 is 0 Å². The van der Waals surface area contributed by atoms with E-state index in [0.29, 0.717) is 5.84 Å². The molecular formula is C9H13N3S. The predicted molar refractivity (Wildman–Crippen MR) is 61.5 cm³/mol. The molecule has 0 amide bonds. The van der Waals surface area contributed by atoms with Gasteiger partial charge in [-0.25, -0.2) is 4.99 Å². The molecule has 4 N–H and O–H groups in total. The molecule has 3 nitrogen and oxygen atoms in total. The Kier molecular flexibility index (Phi) is 5.47. The molecule has 0 atom stereocenters. The fraction of sp³-hybridized carbons (Fsp3) is 0.111. The molecule has 0 bridgehead atoms. The lowest BCUT2D eigenvalue weighted by Gasteiger charge is -1.99. The molecule has 0 rings (SSSR count). The first-order chi connectivity index (χ1) is 6.11. The SMILES string of the molecule is C=C/C=C(\C=C/C)C(/N)=N/C(N)=S. The van der Waals surface area contributed by atoms with Gasteiger partial charge in [-0.3, -0.25) is 0 Å². The van der Waals surface area contributed by atoms with Crippen molar-refractivity contribution in [1.29, 1.82) is 0 Å². The molecule has 0 aromatic carbocycles. The molecule has 0 saturated carbocycles. The first-order valence-corrected chi connectivity index (χ1v) is 4.12. The first-order valence-electron chi connectivity index (χ1n) is 3.71. The van der Waals surface area contributed by atoms with Crippen LogP contribution in [0.1, 0.15) is 6.92 Å². The van der Waals surface area contributed by atoms with Crippen LogP contribution in [0.2, 0.25) is 0 Å². The minimum atomic E-state index is 0.0250. The van der Waals surface area contributed by atoms with Gasteiger partial charge in [0.2, 0.25) is 0 Å². The molecule has 0 fully saturated rings. The Balaban J connectivity index is 4.85. The van der Waals surface area contributed by atoms with Crippen LogP contribution in [-0.4, -0.2) is 10.9 Å². The van der Waals surface area contributed by atoms with Gasteiger partial charge in [0.15, 0.2) is 5.11 Å². The Morgan fingerprint density at radius 1 is 1.46 bits per heavy atom. The number of amidine groups is 1. The number of aliphatic imine (C=N–C) groups is 1. The number of thiocarbonyl (C=S) groups is 1. The van der Waals surface area contributed by atoms with Crippen molar-refractivity contribution in [1.82, 2.24) is 0 Å². The van der Waals surface area contributed by atoms with Crippen molar-refractivity contribution in [3.8, 4) is 0 Å². The van der Waals surface area contributed by atoms with Gasteiger partial charge >= 0.3 is 0 Å². The fourth-order valence-corrected chi connectivity index (χ4v) is 0.814. The van der Waals surface area contributed by atoms with Crippen LogP contribution in [0.3, 0.4) is 0 Å². The zero-order chi connectivity index (χ0) is 10.3. The van der Waals surface area contributed by atoms with Crippen molar-refractivity contribution in [2.45, 2.75) is 6.92 Å². The summed E-state index contributed by atoms with van der Waals surface area (Å²) in [6.07, 6.45) is 7.00. The highest BCUT2D eigenvalue weighted by atomic mass is 32.1. The standard InChI is InChI=1S/C9H13N3S/c1-3-5-7(6-4-2)8(10)12-9(11)13/h3-6H,1H2,2H3,(H4,10,11,12,13)/b6-4-,7-5+. The normalized spacial score (nSPS) is 13.3. The van der Waals surface area contributed by atoms with Crippen LogP contribution >= 0.6 is 12.2 Å². The van der Waals surface area contributed by atoms with E-state index in [-0.39, 0.29) is 5.11 Å². The van der Waals surface area contributed by atoms with Crippen LogP contribution in [0.5, 0.6) is 0 Å². The van der Waals surface area contributed by atoms with E-state index in [2.05, 4.69) is 23.8 Å². The second-order valence-electron chi connectivity index (χ2n) is 2.19. The summed E-state index contributed by atoms with van der Waals surface area (Å²) in [4.78, 5) is 3.75. The van der Waals surface area contributed by atoms with Gasteiger partial charge in [0, 0.05) is 5.57 Å². The highest BCUT2D eigenvalue weighted by Gasteiger charge is 1.96. The quantitative estimate of drug-likeness (QED) is 0.308. The number of hydrogen-bond donors (Lipinski definition) is 2. The molecule has 0 heterocycles. The van der Waals surface area contributed by atoms with E-state index in [0.717, 1.165) is 5.57 Å². The summed E-state index contributed by atoms with van der Waals surface area (Å²) >= 11 is 4.59. The maximum Gasteiger partial charge on any atom is 0.192 e. The van der Waals surface area contributed by atoms with Crippen LogP contribution in [0.4, 0.5) is 0 Å². The Bertz CT molecular complexity index is 287. The van der Waals surface area contributed by atoms with Crippen molar-refractivity contribution in [2.75, 3.05) is 0 Å². The van der Waals surface area contributed by atoms with Gasteiger partial charge in [-0.2, -0.15) is 0 Å². The number of rotatable bonds is 3. The average molecular weight is 195 g/mol. The fourth-order valence-electron chi connectivity index (χ4n) is 0.716. The molecule has 13 heavy (non-hydrogen) atoms. The lowest BCUT2D eigenvalue weighted by atomic mass is 10.2. The van der Waals surface area contributed by atoms with Gasteiger partial charge in [0.25, 0.3) is 0 Å². The minimum absolute atomic E-state index is 0.0250. The summed E-state index contributed by atoms with van der Waals surface area (Å²) in [5.41, 5.74) is 11.6. The predicted octanol–water partition coefficient (Wildman–Crippen LogP) is 1.28. The van der Waals surface area contributed by atoms with Gasteiger partial charge in [-0.05, 0) is 19.1 Å². The molecule has 0 aliphatic carbocycles. The zero-order valence-electron chi connectivity index (χ0n) is 7.53. The molecular weight excluding hydrogens is 182 g/mol. The highest BCUT2D eigenvalue weighted by molar-refractivity contribution is 7.80. The van der Waals surface area contributed by atoms with Crippen LogP contribution in [-0.2, 0) is 0 Å². The average Bonchev–Trinajstić information content (AvgIpc) is 2.02. The highest BCUT2D eigenvalue weighted by Crippen LogP contribution is 1.98. The molecule has 70 valence electrons. The molecule has 0 saturated heterocycles. The van der Waals surface area contributed by atoms with Gasteiger partial charge in [-0.1, -0.05) is 30.9 Å². The van der Waals surface area contributed by atoms with Crippen LogP contribution in [0.15, 0.2) is 41.4 Å². The smallest absolute Gasteiger partial charge is 0.192 e. The van der Waals surface area contributed by atoms with Crippen LogP contribution < -0.4 is 11.5 Å². The van der Waals surface area contributed by atoms with Crippen LogP contribution in [0, 0.1) is 0 Å². The van der Waals surface area contributed by atoms with E-state index in [1.807, 2.05) is 13.0 Å². The maximum absolute atomic E-state index is 5.61. The third-order valence-electron chi connectivity index (χ3n) is 1.17. The molecule has 0 aliphatic rings. The van der Waals surface area contributed by atoms with E-state index in [1.165, 1.54) is 0 Å². The van der Waals surface area contributed by atoms with Gasteiger partial charge in [0.1, 0.15) is 5.84 Å². The maximum atomic E-state index is 5.61. The summed E-state index contributed by atoms with van der Waals surface area (Å²) in [6, 6.07) is 0. The Morgan fingerprint density at radius 3 is 2.46 bits per heavy atom. The summed E-state index contributed by atoms with van der Waals surface area (Å²) in [6.45, 7) is 5.44. The second-order valence-corrected chi connectivity index (χ2v) is 2.61. The molecule has 0 radical (unpaired) electrons. The van der Waals surface area contributed by atoms with Gasteiger partial charge in [-0.15, -0.1) is 0 Å². The van der Waals surface area contributed by atoms with Crippen molar-refractivity contribution in [3.63, 3.8) is 0 Å². The Labute approximate surface area is 83.5 Å². The van der Waals surface area contributed by atoms with Crippen molar-refractivity contribution in [2.24, 2.45) is 16.5 Å². The Hall–Kier alpha value is -1.42. The van der Waals surface area contributed by atoms with E-state index in [1.54, 1.807) is 18.2 Å². The number of nitrogens with zero attached hydrogens (tertiary/aromatic N) is 1. The second kappa shape index (κ2) is 6.14. The summed E-state index contributed by atoms with van der Waals surface area (Å²) in [7, 11) is 0. The van der Waals surface area contributed by atoms with E-state index in [9.17, 15) is 0 Å². The minimum Gasteiger partial charge on any atom is -0.383 e. The Morgan fingerprint density at radius 2 is 2.08 bits per heavy atom. The van der Waals surface area contributed by atoms with Gasteiger partial charge < -0.3 is 11.5 Å². The van der Waals surface area contributed by atoms with Crippen molar-refractivity contribution >= 4 is 23.2 Å². The zero-order valence-corrected chi connectivity index (χ0v) is 8.34. The summed E-state index contributed by atoms with van der Waals surface area (Å²) in [5.74, 6) is 0.297. The third kappa shape index (κ3) is 4.92. The van der Waals surface area contributed by atoms with Crippen LogP contribution in [0.25, 0.3) is 0 Å². The first kappa shape index (κ1) is 11.6. The monoisotopic (exact) mass is 195 g/mol. The number of allylic oxidation sites excluding steroid dienone is 3. The lowest BCUT2D eigenvalue weighted by molar-refractivity contribution is 1.51.